The number of aromatic hydroxyl groups is 1. The fourth-order valence-electron chi connectivity index (χ4n) is 2.60. The zero-order valence-corrected chi connectivity index (χ0v) is 12.1. The maximum Gasteiger partial charge on any atom is 0.257 e. The van der Waals surface area contributed by atoms with E-state index in [4.69, 9.17) is 0 Å². The van der Waals surface area contributed by atoms with Crippen LogP contribution in [0.1, 0.15) is 49.0 Å². The molecule has 1 aliphatic rings. The lowest BCUT2D eigenvalue weighted by Crippen LogP contribution is -2.41. The lowest BCUT2D eigenvalue weighted by atomic mass is 9.78. The van der Waals surface area contributed by atoms with Crippen molar-refractivity contribution in [1.82, 2.24) is 4.90 Å². The van der Waals surface area contributed by atoms with Crippen molar-refractivity contribution in [3.8, 4) is 5.75 Å². The van der Waals surface area contributed by atoms with Gasteiger partial charge >= 0.3 is 0 Å². The van der Waals surface area contributed by atoms with Crippen LogP contribution in [0.3, 0.4) is 0 Å². The van der Waals surface area contributed by atoms with Gasteiger partial charge in [0.05, 0.1) is 5.56 Å². The molecule has 1 heterocycles. The average molecular weight is 261 g/mol. The lowest BCUT2D eigenvalue weighted by Gasteiger charge is -2.39. The Balaban J connectivity index is 2.09. The highest BCUT2D eigenvalue weighted by Crippen LogP contribution is 2.34. The summed E-state index contributed by atoms with van der Waals surface area (Å²) < 4.78 is 0. The Hall–Kier alpha value is -1.51. The van der Waals surface area contributed by atoms with E-state index in [0.29, 0.717) is 11.0 Å². The minimum absolute atomic E-state index is 0.0457. The van der Waals surface area contributed by atoms with Crippen molar-refractivity contribution in [3.05, 3.63) is 29.3 Å². The molecule has 0 unspecified atom stereocenters. The summed E-state index contributed by atoms with van der Waals surface area (Å²) in [5, 5.41) is 9.89. The molecule has 0 spiro atoms. The van der Waals surface area contributed by atoms with E-state index in [1.807, 2.05) is 17.9 Å². The van der Waals surface area contributed by atoms with Gasteiger partial charge in [-0.15, -0.1) is 0 Å². The SMILES string of the molecule is CCC1(C)CCN(C(=O)c2ccc(C)cc2O)CC1. The third-order valence-electron chi connectivity index (χ3n) is 4.49. The van der Waals surface area contributed by atoms with E-state index in [2.05, 4.69) is 13.8 Å². The number of amides is 1. The topological polar surface area (TPSA) is 40.5 Å². The molecule has 1 fully saturated rings. The fourth-order valence-corrected chi connectivity index (χ4v) is 2.60. The van der Waals surface area contributed by atoms with Crippen molar-refractivity contribution in [2.75, 3.05) is 13.1 Å². The molecule has 3 heteroatoms. The monoisotopic (exact) mass is 261 g/mol. The Morgan fingerprint density at radius 3 is 2.53 bits per heavy atom. The molecular weight excluding hydrogens is 238 g/mol. The number of hydrogen-bond donors (Lipinski definition) is 1. The molecule has 104 valence electrons. The minimum Gasteiger partial charge on any atom is -0.507 e. The number of phenols is 1. The first kappa shape index (κ1) is 13.9. The molecule has 0 radical (unpaired) electrons. The highest BCUT2D eigenvalue weighted by molar-refractivity contribution is 5.97. The van der Waals surface area contributed by atoms with E-state index in [0.717, 1.165) is 37.9 Å². The maximum atomic E-state index is 12.4. The van der Waals surface area contributed by atoms with Gasteiger partial charge in [-0.1, -0.05) is 26.3 Å². The molecule has 1 aliphatic heterocycles. The first-order chi connectivity index (χ1) is 8.95. The second-order valence-electron chi connectivity index (χ2n) is 5.98. The third-order valence-corrected chi connectivity index (χ3v) is 4.49. The number of hydrogen-bond acceptors (Lipinski definition) is 2. The second-order valence-corrected chi connectivity index (χ2v) is 5.98. The molecule has 2 rings (SSSR count). The van der Waals surface area contributed by atoms with Crippen molar-refractivity contribution < 1.29 is 9.90 Å². The minimum atomic E-state index is -0.0457. The van der Waals surface area contributed by atoms with E-state index >= 15 is 0 Å². The molecule has 0 bridgehead atoms. The quantitative estimate of drug-likeness (QED) is 0.887. The summed E-state index contributed by atoms with van der Waals surface area (Å²) in [6.45, 7) is 7.98. The van der Waals surface area contributed by atoms with Gasteiger partial charge in [-0.25, -0.2) is 0 Å². The molecule has 1 saturated heterocycles. The number of rotatable bonds is 2. The first-order valence-corrected chi connectivity index (χ1v) is 7.04. The number of benzene rings is 1. The smallest absolute Gasteiger partial charge is 0.257 e. The molecule has 3 nitrogen and oxygen atoms in total. The van der Waals surface area contributed by atoms with Crippen LogP contribution in [0.25, 0.3) is 0 Å². The number of phenolic OH excluding ortho intramolecular Hbond substituents is 1. The predicted molar refractivity (Wildman–Crippen MR) is 76.4 cm³/mol. The van der Waals surface area contributed by atoms with Gasteiger partial charge in [0.1, 0.15) is 5.75 Å². The number of aryl methyl sites for hydroxylation is 1. The first-order valence-electron chi connectivity index (χ1n) is 7.04. The zero-order chi connectivity index (χ0) is 14.0. The molecule has 0 saturated carbocycles. The molecule has 0 aromatic heterocycles. The van der Waals surface area contributed by atoms with E-state index < -0.39 is 0 Å². The van der Waals surface area contributed by atoms with Gasteiger partial charge in [0.2, 0.25) is 0 Å². The van der Waals surface area contributed by atoms with Crippen molar-refractivity contribution in [3.63, 3.8) is 0 Å². The third kappa shape index (κ3) is 2.91. The van der Waals surface area contributed by atoms with E-state index in [-0.39, 0.29) is 11.7 Å². The van der Waals surface area contributed by atoms with Crippen LogP contribution < -0.4 is 0 Å². The maximum absolute atomic E-state index is 12.4. The van der Waals surface area contributed by atoms with Crippen molar-refractivity contribution in [1.29, 1.82) is 0 Å². The van der Waals surface area contributed by atoms with Gasteiger partial charge in [0, 0.05) is 13.1 Å². The number of nitrogens with zero attached hydrogens (tertiary/aromatic N) is 1. The highest BCUT2D eigenvalue weighted by atomic mass is 16.3. The fraction of sp³-hybridized carbons (Fsp3) is 0.562. The molecular formula is C16H23NO2. The van der Waals surface area contributed by atoms with Gasteiger partial charge in [-0.3, -0.25) is 4.79 Å². The summed E-state index contributed by atoms with van der Waals surface area (Å²) in [7, 11) is 0. The largest absolute Gasteiger partial charge is 0.507 e. The Labute approximate surface area is 115 Å². The Morgan fingerprint density at radius 2 is 2.00 bits per heavy atom. The lowest BCUT2D eigenvalue weighted by molar-refractivity contribution is 0.0597. The summed E-state index contributed by atoms with van der Waals surface area (Å²) in [5.74, 6) is 0.0458. The van der Waals surface area contributed by atoms with Crippen LogP contribution in [0.5, 0.6) is 5.75 Å². The van der Waals surface area contributed by atoms with Gasteiger partial charge < -0.3 is 10.0 Å². The van der Waals surface area contributed by atoms with Crippen molar-refractivity contribution in [2.24, 2.45) is 5.41 Å². The van der Waals surface area contributed by atoms with Crippen LogP contribution in [-0.4, -0.2) is 29.0 Å². The number of likely N-dealkylation sites (tertiary alicyclic amines) is 1. The molecule has 0 aliphatic carbocycles. The van der Waals surface area contributed by atoms with Crippen LogP contribution in [0.4, 0.5) is 0 Å². The molecule has 1 aromatic rings. The molecule has 19 heavy (non-hydrogen) atoms. The number of piperidine rings is 1. The van der Waals surface area contributed by atoms with Crippen molar-refractivity contribution >= 4 is 5.91 Å². The summed E-state index contributed by atoms with van der Waals surface area (Å²) in [6, 6.07) is 5.24. The van der Waals surface area contributed by atoms with Crippen LogP contribution >= 0.6 is 0 Å². The summed E-state index contributed by atoms with van der Waals surface area (Å²) in [4.78, 5) is 14.3. The van der Waals surface area contributed by atoms with E-state index in [1.165, 1.54) is 0 Å². The molecule has 1 N–H and O–H groups in total. The van der Waals surface area contributed by atoms with Crippen molar-refractivity contribution in [2.45, 2.75) is 40.0 Å². The molecule has 1 aromatic carbocycles. The molecule has 0 atom stereocenters. The van der Waals surface area contributed by atoms with Gasteiger partial charge in [-0.05, 0) is 42.9 Å². The highest BCUT2D eigenvalue weighted by Gasteiger charge is 2.31. The van der Waals surface area contributed by atoms with Crippen LogP contribution in [0.2, 0.25) is 0 Å². The second kappa shape index (κ2) is 5.24. The Kier molecular flexibility index (Phi) is 3.83. The standard InChI is InChI=1S/C16H23NO2/c1-4-16(3)7-9-17(10-8-16)15(19)13-6-5-12(2)11-14(13)18/h5-6,11,18H,4,7-10H2,1-3H3. The van der Waals surface area contributed by atoms with Gasteiger partial charge in [0.15, 0.2) is 0 Å². The number of carbonyl (C=O) groups excluding carboxylic acids is 1. The molecule has 1 amide bonds. The normalized spacial score (nSPS) is 18.4. The Morgan fingerprint density at radius 1 is 1.37 bits per heavy atom. The van der Waals surface area contributed by atoms with E-state index in [1.54, 1.807) is 12.1 Å². The summed E-state index contributed by atoms with van der Waals surface area (Å²) in [6.07, 6.45) is 3.24. The average Bonchev–Trinajstić information content (AvgIpc) is 2.39. The summed E-state index contributed by atoms with van der Waals surface area (Å²) in [5.41, 5.74) is 1.75. The van der Waals surface area contributed by atoms with Crippen LogP contribution in [0.15, 0.2) is 18.2 Å². The van der Waals surface area contributed by atoms with Gasteiger partial charge in [0.25, 0.3) is 5.91 Å². The van der Waals surface area contributed by atoms with Gasteiger partial charge in [-0.2, -0.15) is 0 Å². The predicted octanol–water partition coefficient (Wildman–Crippen LogP) is 3.35. The zero-order valence-electron chi connectivity index (χ0n) is 12.1. The van der Waals surface area contributed by atoms with Crippen LogP contribution in [0, 0.1) is 12.3 Å². The summed E-state index contributed by atoms with van der Waals surface area (Å²) >= 11 is 0. The Bertz CT molecular complexity index is 474. The number of carbonyl (C=O) groups is 1. The van der Waals surface area contributed by atoms with Crippen LogP contribution in [-0.2, 0) is 0 Å². The van der Waals surface area contributed by atoms with E-state index in [9.17, 15) is 9.90 Å².